The molecule has 1 aromatic rings. The van der Waals surface area contributed by atoms with E-state index < -0.39 is 11.1 Å². The first kappa shape index (κ1) is 9.58. The highest BCUT2D eigenvalue weighted by atomic mass is 32.1. The van der Waals surface area contributed by atoms with Crippen LogP contribution in [0.5, 0.6) is 0 Å². The molecule has 4 heteroatoms. The molecule has 0 aliphatic rings. The molecule has 1 heterocycles. The summed E-state index contributed by atoms with van der Waals surface area (Å²) in [6.45, 7) is 3.75. The molecule has 0 saturated heterocycles. The number of thiophene rings is 1. The van der Waals surface area contributed by atoms with Gasteiger partial charge in [-0.1, -0.05) is 13.8 Å². The molecule has 0 N–H and O–H groups in total. The highest BCUT2D eigenvalue weighted by Gasteiger charge is 2.32. The van der Waals surface area contributed by atoms with Gasteiger partial charge in [0.1, 0.15) is 4.88 Å². The van der Waals surface area contributed by atoms with E-state index in [0.717, 1.165) is 16.9 Å². The molecule has 0 saturated carbocycles. The van der Waals surface area contributed by atoms with E-state index in [9.17, 15) is 13.2 Å². The van der Waals surface area contributed by atoms with Gasteiger partial charge in [-0.15, -0.1) is 11.3 Å². The lowest BCUT2D eigenvalue weighted by Gasteiger charge is -2.01. The summed E-state index contributed by atoms with van der Waals surface area (Å²) >= 11 is 0.760. The molecule has 12 heavy (non-hydrogen) atoms. The van der Waals surface area contributed by atoms with Crippen molar-refractivity contribution in [3.05, 3.63) is 21.9 Å². The maximum absolute atomic E-state index is 12.1. The zero-order valence-electron chi connectivity index (χ0n) is 6.77. The Morgan fingerprint density at radius 3 is 2.17 bits per heavy atom. The Kier molecular flexibility index (Phi) is 2.46. The lowest BCUT2D eigenvalue weighted by molar-refractivity contribution is -0.134. The van der Waals surface area contributed by atoms with Crippen LogP contribution in [-0.4, -0.2) is 0 Å². The van der Waals surface area contributed by atoms with Gasteiger partial charge in [-0.3, -0.25) is 0 Å². The molecule has 0 atom stereocenters. The molecule has 0 aromatic carbocycles. The van der Waals surface area contributed by atoms with E-state index in [1.807, 2.05) is 13.8 Å². The van der Waals surface area contributed by atoms with E-state index in [0.29, 0.717) is 0 Å². The molecule has 0 bridgehead atoms. The standard InChI is InChI=1S/C8H9F3S/c1-5(2)6-3-7(12-4-6)8(9,10)11/h3-5H,1-2H3. The third kappa shape index (κ3) is 2.00. The van der Waals surface area contributed by atoms with Crippen molar-refractivity contribution in [2.75, 3.05) is 0 Å². The minimum absolute atomic E-state index is 0.164. The first-order valence-electron chi connectivity index (χ1n) is 3.57. The minimum Gasteiger partial charge on any atom is -0.165 e. The van der Waals surface area contributed by atoms with Gasteiger partial charge in [0.25, 0.3) is 0 Å². The van der Waals surface area contributed by atoms with Gasteiger partial charge >= 0.3 is 6.18 Å². The monoisotopic (exact) mass is 194 g/mol. The van der Waals surface area contributed by atoms with Crippen molar-refractivity contribution in [1.29, 1.82) is 0 Å². The van der Waals surface area contributed by atoms with E-state index in [-0.39, 0.29) is 5.92 Å². The van der Waals surface area contributed by atoms with Crippen molar-refractivity contribution in [2.24, 2.45) is 0 Å². The molecule has 0 aliphatic carbocycles. The van der Waals surface area contributed by atoms with E-state index in [4.69, 9.17) is 0 Å². The van der Waals surface area contributed by atoms with Gasteiger partial charge < -0.3 is 0 Å². The number of halogens is 3. The van der Waals surface area contributed by atoms with E-state index in [1.54, 1.807) is 5.38 Å². The van der Waals surface area contributed by atoms with Gasteiger partial charge in [-0.25, -0.2) is 0 Å². The van der Waals surface area contributed by atoms with Gasteiger partial charge in [0.05, 0.1) is 0 Å². The molecule has 1 rings (SSSR count). The van der Waals surface area contributed by atoms with Gasteiger partial charge in [-0.2, -0.15) is 13.2 Å². The molecular weight excluding hydrogens is 185 g/mol. The van der Waals surface area contributed by atoms with Crippen molar-refractivity contribution >= 4 is 11.3 Å². The molecule has 0 radical (unpaired) electrons. The van der Waals surface area contributed by atoms with Gasteiger partial charge in [0.2, 0.25) is 0 Å². The SMILES string of the molecule is CC(C)c1csc(C(F)(F)F)c1. The lowest BCUT2D eigenvalue weighted by Crippen LogP contribution is -2.00. The Bertz CT molecular complexity index is 260. The third-order valence-corrected chi connectivity index (χ3v) is 2.56. The molecule has 0 nitrogen and oxygen atoms in total. The topological polar surface area (TPSA) is 0 Å². The maximum atomic E-state index is 12.1. The van der Waals surface area contributed by atoms with E-state index in [1.165, 1.54) is 6.07 Å². The molecule has 1 aromatic heterocycles. The Morgan fingerprint density at radius 1 is 1.33 bits per heavy atom. The highest BCUT2D eigenvalue weighted by molar-refractivity contribution is 7.10. The zero-order valence-corrected chi connectivity index (χ0v) is 7.59. The van der Waals surface area contributed by atoms with Crippen molar-refractivity contribution in [1.82, 2.24) is 0 Å². The smallest absolute Gasteiger partial charge is 0.165 e. The number of rotatable bonds is 1. The maximum Gasteiger partial charge on any atom is 0.425 e. The van der Waals surface area contributed by atoms with E-state index in [2.05, 4.69) is 0 Å². The Labute approximate surface area is 73.0 Å². The van der Waals surface area contributed by atoms with Crippen LogP contribution < -0.4 is 0 Å². The molecule has 68 valence electrons. The summed E-state index contributed by atoms with van der Waals surface area (Å²) < 4.78 is 36.2. The Hall–Kier alpha value is -0.510. The third-order valence-electron chi connectivity index (χ3n) is 1.57. The van der Waals surface area contributed by atoms with Crippen LogP contribution >= 0.6 is 11.3 Å². The van der Waals surface area contributed by atoms with E-state index >= 15 is 0 Å². The predicted octanol–water partition coefficient (Wildman–Crippen LogP) is 3.89. The molecule has 0 spiro atoms. The van der Waals surface area contributed by atoms with Gasteiger partial charge in [0, 0.05) is 0 Å². The lowest BCUT2D eigenvalue weighted by atomic mass is 10.1. The summed E-state index contributed by atoms with van der Waals surface area (Å²) in [5, 5.41) is 1.56. The van der Waals surface area contributed by atoms with Crippen LogP contribution in [-0.2, 0) is 6.18 Å². The summed E-state index contributed by atoms with van der Waals surface area (Å²) in [4.78, 5) is -0.508. The largest absolute Gasteiger partial charge is 0.425 e. The number of hydrogen-bond donors (Lipinski definition) is 0. The predicted molar refractivity (Wildman–Crippen MR) is 43.4 cm³/mol. The summed E-state index contributed by atoms with van der Waals surface area (Å²) in [5.41, 5.74) is 0.757. The number of hydrogen-bond acceptors (Lipinski definition) is 1. The highest BCUT2D eigenvalue weighted by Crippen LogP contribution is 2.35. The zero-order chi connectivity index (χ0) is 9.35. The summed E-state index contributed by atoms with van der Waals surface area (Å²) in [6, 6.07) is 1.22. The Balaban J connectivity index is 2.92. The van der Waals surface area contributed by atoms with Crippen LogP contribution in [0.1, 0.15) is 30.2 Å². The average Bonchev–Trinajstić information content (AvgIpc) is 2.30. The van der Waals surface area contributed by atoms with Crippen molar-refractivity contribution in [3.8, 4) is 0 Å². The van der Waals surface area contributed by atoms with Crippen molar-refractivity contribution < 1.29 is 13.2 Å². The molecule has 0 amide bonds. The number of alkyl halides is 3. The molecule has 0 aliphatic heterocycles. The average molecular weight is 194 g/mol. The molecule has 0 fully saturated rings. The Morgan fingerprint density at radius 2 is 1.92 bits per heavy atom. The summed E-state index contributed by atoms with van der Waals surface area (Å²) in [5.74, 6) is 0.164. The molecular formula is C8H9F3S. The quantitative estimate of drug-likeness (QED) is 0.636. The summed E-state index contributed by atoms with van der Waals surface area (Å²) in [7, 11) is 0. The first-order valence-corrected chi connectivity index (χ1v) is 4.45. The minimum atomic E-state index is -4.18. The van der Waals surface area contributed by atoms with Crippen LogP contribution in [0.3, 0.4) is 0 Å². The summed E-state index contributed by atoms with van der Waals surface area (Å²) in [6.07, 6.45) is -4.18. The fraction of sp³-hybridized carbons (Fsp3) is 0.500. The van der Waals surface area contributed by atoms with Gasteiger partial charge in [-0.05, 0) is 22.9 Å². The first-order chi connectivity index (χ1) is 5.41. The second kappa shape index (κ2) is 3.09. The van der Waals surface area contributed by atoms with Crippen LogP contribution in [0.4, 0.5) is 13.2 Å². The fourth-order valence-corrected chi connectivity index (χ4v) is 1.74. The van der Waals surface area contributed by atoms with Crippen LogP contribution in [0.15, 0.2) is 11.4 Å². The van der Waals surface area contributed by atoms with Crippen molar-refractivity contribution in [3.63, 3.8) is 0 Å². The fourth-order valence-electron chi connectivity index (χ4n) is 0.802. The van der Waals surface area contributed by atoms with Crippen LogP contribution in [0.2, 0.25) is 0 Å². The normalized spacial score (nSPS) is 12.5. The molecule has 0 unspecified atom stereocenters. The van der Waals surface area contributed by atoms with Crippen LogP contribution in [0, 0.1) is 0 Å². The second-order valence-corrected chi connectivity index (χ2v) is 3.81. The van der Waals surface area contributed by atoms with Gasteiger partial charge in [0.15, 0.2) is 0 Å². The van der Waals surface area contributed by atoms with Crippen molar-refractivity contribution in [2.45, 2.75) is 25.9 Å². The van der Waals surface area contributed by atoms with Crippen LogP contribution in [0.25, 0.3) is 0 Å². The second-order valence-electron chi connectivity index (χ2n) is 2.90.